The third-order valence-electron chi connectivity index (χ3n) is 1.62. The summed E-state index contributed by atoms with van der Waals surface area (Å²) in [6, 6.07) is 4.47. The van der Waals surface area contributed by atoms with E-state index in [4.69, 9.17) is 6.42 Å². The fourth-order valence-electron chi connectivity index (χ4n) is 1.09. The van der Waals surface area contributed by atoms with Gasteiger partial charge in [0.2, 0.25) is 0 Å². The SMILES string of the molecule is C#Cc1cc(F)ccc1C=C(C)C. The maximum atomic E-state index is 12.8. The molecular weight excluding hydrogens is 163 g/mol. The molecule has 0 amide bonds. The molecule has 0 N–H and O–H groups in total. The first-order valence-corrected chi connectivity index (χ1v) is 4.04. The van der Waals surface area contributed by atoms with Gasteiger partial charge >= 0.3 is 0 Å². The van der Waals surface area contributed by atoms with Crippen molar-refractivity contribution in [3.8, 4) is 12.3 Å². The fraction of sp³-hybridized carbons (Fsp3) is 0.167. The van der Waals surface area contributed by atoms with E-state index in [1.807, 2.05) is 19.9 Å². The number of terminal acetylenes is 1. The Morgan fingerprint density at radius 3 is 2.69 bits per heavy atom. The molecule has 0 saturated carbocycles. The molecule has 0 aliphatic rings. The summed E-state index contributed by atoms with van der Waals surface area (Å²) in [5, 5.41) is 0. The third kappa shape index (κ3) is 2.45. The quantitative estimate of drug-likeness (QED) is 0.573. The van der Waals surface area contributed by atoms with Crippen LogP contribution >= 0.6 is 0 Å². The van der Waals surface area contributed by atoms with Crippen molar-refractivity contribution in [3.05, 3.63) is 40.7 Å². The van der Waals surface area contributed by atoms with E-state index in [9.17, 15) is 4.39 Å². The molecule has 0 heterocycles. The summed E-state index contributed by atoms with van der Waals surface area (Å²) in [5.41, 5.74) is 2.63. The summed E-state index contributed by atoms with van der Waals surface area (Å²) in [6.07, 6.45) is 7.19. The first-order chi connectivity index (χ1) is 6.13. The van der Waals surface area contributed by atoms with Gasteiger partial charge in [0.15, 0.2) is 0 Å². The number of hydrogen-bond acceptors (Lipinski definition) is 0. The Balaban J connectivity index is 3.24. The van der Waals surface area contributed by atoms with Crippen molar-refractivity contribution in [1.82, 2.24) is 0 Å². The summed E-state index contributed by atoms with van der Waals surface area (Å²) in [5.74, 6) is 2.16. The highest BCUT2D eigenvalue weighted by Gasteiger charge is 1.98. The number of rotatable bonds is 1. The lowest BCUT2D eigenvalue weighted by molar-refractivity contribution is 0.627. The Morgan fingerprint density at radius 2 is 2.15 bits per heavy atom. The van der Waals surface area contributed by atoms with E-state index in [-0.39, 0.29) is 5.82 Å². The Morgan fingerprint density at radius 1 is 1.46 bits per heavy atom. The topological polar surface area (TPSA) is 0 Å². The van der Waals surface area contributed by atoms with Crippen molar-refractivity contribution in [2.45, 2.75) is 13.8 Å². The molecule has 1 heteroatoms. The summed E-state index contributed by atoms with van der Waals surface area (Å²) in [7, 11) is 0. The van der Waals surface area contributed by atoms with Crippen LogP contribution in [-0.2, 0) is 0 Å². The summed E-state index contributed by atoms with van der Waals surface area (Å²) in [6.45, 7) is 3.95. The molecule has 0 radical (unpaired) electrons. The third-order valence-corrected chi connectivity index (χ3v) is 1.62. The van der Waals surface area contributed by atoms with E-state index in [1.165, 1.54) is 12.1 Å². The Hall–Kier alpha value is -1.55. The minimum absolute atomic E-state index is 0.293. The molecule has 1 aromatic rings. The van der Waals surface area contributed by atoms with Crippen LogP contribution < -0.4 is 0 Å². The predicted molar refractivity (Wildman–Crippen MR) is 53.7 cm³/mol. The van der Waals surface area contributed by atoms with Gasteiger partial charge in [0.1, 0.15) is 5.82 Å². The van der Waals surface area contributed by atoms with Gasteiger partial charge in [-0.05, 0) is 31.5 Å². The largest absolute Gasteiger partial charge is 0.207 e. The molecule has 66 valence electrons. The first-order valence-electron chi connectivity index (χ1n) is 4.04. The van der Waals surface area contributed by atoms with Crippen molar-refractivity contribution >= 4 is 6.08 Å². The van der Waals surface area contributed by atoms with Gasteiger partial charge in [-0.25, -0.2) is 4.39 Å². The Labute approximate surface area is 78.1 Å². The summed E-state index contributed by atoms with van der Waals surface area (Å²) >= 11 is 0. The van der Waals surface area contributed by atoms with Crippen LogP contribution in [0.1, 0.15) is 25.0 Å². The van der Waals surface area contributed by atoms with Crippen LogP contribution in [0.5, 0.6) is 0 Å². The molecule has 0 aliphatic heterocycles. The first kappa shape index (κ1) is 9.54. The second-order valence-corrected chi connectivity index (χ2v) is 3.10. The smallest absolute Gasteiger partial charge is 0.124 e. The lowest BCUT2D eigenvalue weighted by Gasteiger charge is -1.99. The van der Waals surface area contributed by atoms with E-state index in [0.717, 1.165) is 11.1 Å². The van der Waals surface area contributed by atoms with Gasteiger partial charge in [-0.1, -0.05) is 23.6 Å². The second kappa shape index (κ2) is 3.91. The standard InChI is InChI=1S/C12H11F/c1-4-10-8-12(13)6-5-11(10)7-9(2)3/h1,5-8H,2-3H3. The molecule has 0 spiro atoms. The van der Waals surface area contributed by atoms with Crippen molar-refractivity contribution < 1.29 is 4.39 Å². The number of allylic oxidation sites excluding steroid dienone is 1. The van der Waals surface area contributed by atoms with Crippen LogP contribution in [0.15, 0.2) is 23.8 Å². The molecule has 0 aromatic heterocycles. The maximum Gasteiger partial charge on any atom is 0.124 e. The van der Waals surface area contributed by atoms with Crippen LogP contribution in [0.4, 0.5) is 4.39 Å². The lowest BCUT2D eigenvalue weighted by atomic mass is 10.1. The average molecular weight is 174 g/mol. The molecule has 0 atom stereocenters. The highest BCUT2D eigenvalue weighted by molar-refractivity contribution is 5.60. The van der Waals surface area contributed by atoms with Crippen molar-refractivity contribution in [3.63, 3.8) is 0 Å². The van der Waals surface area contributed by atoms with E-state index in [1.54, 1.807) is 6.07 Å². The maximum absolute atomic E-state index is 12.8. The molecule has 0 fully saturated rings. The normalized spacial score (nSPS) is 9.08. The molecule has 0 saturated heterocycles. The monoisotopic (exact) mass is 174 g/mol. The molecule has 0 unspecified atom stereocenters. The van der Waals surface area contributed by atoms with Crippen LogP contribution in [0.25, 0.3) is 6.08 Å². The molecule has 0 aliphatic carbocycles. The summed E-state index contributed by atoms with van der Waals surface area (Å²) < 4.78 is 12.8. The van der Waals surface area contributed by atoms with Gasteiger partial charge in [-0.2, -0.15) is 0 Å². The molecule has 0 bridgehead atoms. The van der Waals surface area contributed by atoms with E-state index in [0.29, 0.717) is 5.56 Å². The van der Waals surface area contributed by atoms with Crippen LogP contribution in [-0.4, -0.2) is 0 Å². The van der Waals surface area contributed by atoms with E-state index in [2.05, 4.69) is 5.92 Å². The highest BCUT2D eigenvalue weighted by Crippen LogP contribution is 2.13. The second-order valence-electron chi connectivity index (χ2n) is 3.10. The van der Waals surface area contributed by atoms with Crippen molar-refractivity contribution in [1.29, 1.82) is 0 Å². The lowest BCUT2D eigenvalue weighted by Crippen LogP contribution is -1.84. The number of benzene rings is 1. The van der Waals surface area contributed by atoms with Crippen LogP contribution in [0.2, 0.25) is 0 Å². The van der Waals surface area contributed by atoms with Crippen LogP contribution in [0.3, 0.4) is 0 Å². The van der Waals surface area contributed by atoms with Crippen molar-refractivity contribution in [2.75, 3.05) is 0 Å². The zero-order valence-electron chi connectivity index (χ0n) is 7.76. The van der Waals surface area contributed by atoms with Crippen LogP contribution in [0, 0.1) is 18.2 Å². The Bertz CT molecular complexity index is 377. The van der Waals surface area contributed by atoms with Gasteiger partial charge in [-0.15, -0.1) is 6.42 Å². The zero-order chi connectivity index (χ0) is 9.84. The highest BCUT2D eigenvalue weighted by atomic mass is 19.1. The molecular formula is C12H11F. The van der Waals surface area contributed by atoms with E-state index < -0.39 is 0 Å². The average Bonchev–Trinajstić information content (AvgIpc) is 2.07. The van der Waals surface area contributed by atoms with E-state index >= 15 is 0 Å². The molecule has 1 aromatic carbocycles. The number of halogens is 1. The van der Waals surface area contributed by atoms with Gasteiger partial charge in [-0.3, -0.25) is 0 Å². The van der Waals surface area contributed by atoms with Gasteiger partial charge in [0.05, 0.1) is 0 Å². The molecule has 0 nitrogen and oxygen atoms in total. The Kier molecular flexibility index (Phi) is 2.87. The van der Waals surface area contributed by atoms with Gasteiger partial charge in [0.25, 0.3) is 0 Å². The fourth-order valence-corrected chi connectivity index (χ4v) is 1.09. The molecule has 13 heavy (non-hydrogen) atoms. The van der Waals surface area contributed by atoms with Gasteiger partial charge in [0, 0.05) is 5.56 Å². The van der Waals surface area contributed by atoms with Gasteiger partial charge < -0.3 is 0 Å². The minimum atomic E-state index is -0.293. The zero-order valence-corrected chi connectivity index (χ0v) is 7.76. The van der Waals surface area contributed by atoms with Crippen molar-refractivity contribution in [2.24, 2.45) is 0 Å². The number of hydrogen-bond donors (Lipinski definition) is 0. The minimum Gasteiger partial charge on any atom is -0.207 e. The predicted octanol–water partition coefficient (Wildman–Crippen LogP) is 3.23. The summed E-state index contributed by atoms with van der Waals surface area (Å²) in [4.78, 5) is 0. The molecule has 1 rings (SSSR count).